The fourth-order valence-electron chi connectivity index (χ4n) is 1.54. The Balaban J connectivity index is 2.39. The van der Waals surface area contributed by atoms with Crippen LogP contribution in [-0.2, 0) is 4.79 Å². The van der Waals surface area contributed by atoms with Crippen LogP contribution in [0.1, 0.15) is 19.8 Å². The predicted molar refractivity (Wildman–Crippen MR) is 67.8 cm³/mol. The molecule has 5 heteroatoms. The molecule has 0 heterocycles. The Morgan fingerprint density at radius 2 is 2.17 bits per heavy atom. The first-order valence-electron chi connectivity index (χ1n) is 5.86. The van der Waals surface area contributed by atoms with E-state index in [4.69, 9.17) is 10.5 Å². The molecule has 1 amide bonds. The lowest BCUT2D eigenvalue weighted by atomic mass is 9.95. The number of carbonyl (C=O) groups excluding carboxylic acids is 1. The summed E-state index contributed by atoms with van der Waals surface area (Å²) in [7, 11) is 1.68. The van der Waals surface area contributed by atoms with E-state index in [1.807, 2.05) is 0 Å². The zero-order valence-corrected chi connectivity index (χ0v) is 10.7. The first kappa shape index (κ1) is 14.4. The summed E-state index contributed by atoms with van der Waals surface area (Å²) in [6.07, 6.45) is 1.14. The van der Waals surface area contributed by atoms with Crippen LogP contribution in [0.3, 0.4) is 0 Å². The van der Waals surface area contributed by atoms with Gasteiger partial charge < -0.3 is 15.8 Å². The van der Waals surface area contributed by atoms with Crippen molar-refractivity contribution in [1.29, 1.82) is 0 Å². The number of ether oxygens (including phenoxy) is 1. The standard InChI is InChI=1S/C13H19FN2O2/c1-13(16-2,12(15)17)8-5-9-18-11-7-4-3-6-10(11)14/h3-4,6-7,16H,5,8-9H2,1-2H3,(H2,15,17). The third-order valence-corrected chi connectivity index (χ3v) is 3.01. The second-order valence-electron chi connectivity index (χ2n) is 4.33. The van der Waals surface area contributed by atoms with Gasteiger partial charge in [-0.1, -0.05) is 12.1 Å². The van der Waals surface area contributed by atoms with Crippen LogP contribution in [0.5, 0.6) is 5.75 Å². The van der Waals surface area contributed by atoms with Gasteiger partial charge in [-0.25, -0.2) is 4.39 Å². The number of amides is 1. The number of rotatable bonds is 7. The Morgan fingerprint density at radius 1 is 1.50 bits per heavy atom. The van der Waals surface area contributed by atoms with E-state index >= 15 is 0 Å². The molecule has 0 saturated carbocycles. The number of hydrogen-bond donors (Lipinski definition) is 2. The van der Waals surface area contributed by atoms with Gasteiger partial charge in [0.1, 0.15) is 0 Å². The Kier molecular flexibility index (Phi) is 5.09. The zero-order valence-electron chi connectivity index (χ0n) is 10.7. The monoisotopic (exact) mass is 254 g/mol. The average Bonchev–Trinajstić information content (AvgIpc) is 2.36. The van der Waals surface area contributed by atoms with Crippen molar-refractivity contribution < 1.29 is 13.9 Å². The molecule has 100 valence electrons. The smallest absolute Gasteiger partial charge is 0.237 e. The molecule has 0 bridgehead atoms. The minimum Gasteiger partial charge on any atom is -0.491 e. The highest BCUT2D eigenvalue weighted by molar-refractivity contribution is 5.84. The predicted octanol–water partition coefficient (Wildman–Crippen LogP) is 1.45. The molecule has 0 aliphatic heterocycles. The second kappa shape index (κ2) is 6.35. The maximum atomic E-state index is 13.2. The van der Waals surface area contributed by atoms with Crippen LogP contribution in [0.15, 0.2) is 24.3 Å². The van der Waals surface area contributed by atoms with Gasteiger partial charge >= 0.3 is 0 Å². The van der Waals surface area contributed by atoms with Gasteiger partial charge in [-0.05, 0) is 38.9 Å². The van der Waals surface area contributed by atoms with Crippen LogP contribution in [0.2, 0.25) is 0 Å². The summed E-state index contributed by atoms with van der Waals surface area (Å²) in [5.41, 5.74) is 4.55. The topological polar surface area (TPSA) is 64.3 Å². The van der Waals surface area contributed by atoms with E-state index in [0.717, 1.165) is 0 Å². The van der Waals surface area contributed by atoms with Gasteiger partial charge in [0, 0.05) is 0 Å². The third kappa shape index (κ3) is 3.70. The quantitative estimate of drug-likeness (QED) is 0.724. The van der Waals surface area contributed by atoms with Gasteiger partial charge in [0.15, 0.2) is 11.6 Å². The van der Waals surface area contributed by atoms with Crippen LogP contribution in [0.25, 0.3) is 0 Å². The summed E-state index contributed by atoms with van der Waals surface area (Å²) < 4.78 is 18.5. The molecular weight excluding hydrogens is 235 g/mol. The Morgan fingerprint density at radius 3 is 2.72 bits per heavy atom. The molecule has 1 aromatic carbocycles. The molecule has 0 radical (unpaired) electrons. The number of likely N-dealkylation sites (N-methyl/N-ethyl adjacent to an activating group) is 1. The summed E-state index contributed by atoms with van der Waals surface area (Å²) in [4.78, 5) is 11.2. The van der Waals surface area contributed by atoms with Crippen LogP contribution >= 0.6 is 0 Å². The fraction of sp³-hybridized carbons (Fsp3) is 0.462. The van der Waals surface area contributed by atoms with Crippen molar-refractivity contribution in [3.8, 4) is 5.75 Å². The maximum Gasteiger partial charge on any atom is 0.237 e. The maximum absolute atomic E-state index is 13.2. The molecule has 0 aliphatic carbocycles. The number of nitrogens with one attached hydrogen (secondary N) is 1. The average molecular weight is 254 g/mol. The van der Waals surface area contributed by atoms with E-state index in [-0.39, 0.29) is 11.6 Å². The van der Waals surface area contributed by atoms with E-state index in [1.165, 1.54) is 6.07 Å². The van der Waals surface area contributed by atoms with E-state index < -0.39 is 11.4 Å². The number of carbonyl (C=O) groups is 1. The molecule has 0 aliphatic rings. The second-order valence-corrected chi connectivity index (χ2v) is 4.33. The van der Waals surface area contributed by atoms with Gasteiger partial charge in [0.25, 0.3) is 0 Å². The summed E-state index contributed by atoms with van der Waals surface area (Å²) in [6, 6.07) is 6.23. The van der Waals surface area contributed by atoms with Crippen molar-refractivity contribution in [3.05, 3.63) is 30.1 Å². The van der Waals surface area contributed by atoms with Crippen LogP contribution < -0.4 is 15.8 Å². The van der Waals surface area contributed by atoms with Crippen LogP contribution in [0, 0.1) is 5.82 Å². The molecule has 1 unspecified atom stereocenters. The highest BCUT2D eigenvalue weighted by Crippen LogP contribution is 2.17. The molecule has 0 aromatic heterocycles. The van der Waals surface area contributed by atoms with Crippen molar-refractivity contribution in [1.82, 2.24) is 5.32 Å². The summed E-state index contributed by atoms with van der Waals surface area (Å²) in [6.45, 7) is 2.07. The van der Waals surface area contributed by atoms with Gasteiger partial charge in [-0.2, -0.15) is 0 Å². The number of benzene rings is 1. The van der Waals surface area contributed by atoms with Gasteiger partial charge in [0.05, 0.1) is 12.1 Å². The van der Waals surface area contributed by atoms with E-state index in [9.17, 15) is 9.18 Å². The van der Waals surface area contributed by atoms with Gasteiger partial charge in [-0.3, -0.25) is 4.79 Å². The molecule has 3 N–H and O–H groups in total. The van der Waals surface area contributed by atoms with Crippen molar-refractivity contribution in [2.75, 3.05) is 13.7 Å². The molecule has 1 atom stereocenters. The molecule has 1 aromatic rings. The lowest BCUT2D eigenvalue weighted by molar-refractivity contribution is -0.123. The molecule has 4 nitrogen and oxygen atoms in total. The number of para-hydroxylation sites is 1. The van der Waals surface area contributed by atoms with Crippen molar-refractivity contribution >= 4 is 5.91 Å². The summed E-state index contributed by atoms with van der Waals surface area (Å²) in [5, 5.41) is 2.88. The number of hydrogen-bond acceptors (Lipinski definition) is 3. The van der Waals surface area contributed by atoms with Gasteiger partial charge in [0.2, 0.25) is 5.91 Å². The lowest BCUT2D eigenvalue weighted by Crippen LogP contribution is -2.51. The molecule has 0 saturated heterocycles. The lowest BCUT2D eigenvalue weighted by Gasteiger charge is -2.25. The SMILES string of the molecule is CNC(C)(CCCOc1ccccc1F)C(N)=O. The summed E-state index contributed by atoms with van der Waals surface area (Å²) >= 11 is 0. The Labute approximate surface area is 106 Å². The Hall–Kier alpha value is -1.62. The molecular formula is C13H19FN2O2. The molecule has 18 heavy (non-hydrogen) atoms. The van der Waals surface area contributed by atoms with E-state index in [1.54, 1.807) is 32.2 Å². The highest BCUT2D eigenvalue weighted by Gasteiger charge is 2.28. The number of halogens is 1. The highest BCUT2D eigenvalue weighted by atomic mass is 19.1. The van der Waals surface area contributed by atoms with Crippen LogP contribution in [0.4, 0.5) is 4.39 Å². The minimum absolute atomic E-state index is 0.225. The van der Waals surface area contributed by atoms with E-state index in [0.29, 0.717) is 19.4 Å². The Bertz CT molecular complexity index is 412. The molecule has 1 rings (SSSR count). The molecule has 0 spiro atoms. The summed E-state index contributed by atoms with van der Waals surface area (Å²) in [5.74, 6) is -0.567. The fourth-order valence-corrected chi connectivity index (χ4v) is 1.54. The number of nitrogens with two attached hydrogens (primary N) is 1. The van der Waals surface area contributed by atoms with Crippen molar-refractivity contribution in [3.63, 3.8) is 0 Å². The number of primary amides is 1. The normalized spacial score (nSPS) is 13.9. The van der Waals surface area contributed by atoms with Crippen molar-refractivity contribution in [2.45, 2.75) is 25.3 Å². The third-order valence-electron chi connectivity index (χ3n) is 3.01. The first-order valence-corrected chi connectivity index (χ1v) is 5.86. The minimum atomic E-state index is -0.751. The first-order chi connectivity index (χ1) is 8.49. The zero-order chi connectivity index (χ0) is 13.6. The van der Waals surface area contributed by atoms with Crippen molar-refractivity contribution in [2.24, 2.45) is 5.73 Å². The molecule has 0 fully saturated rings. The van der Waals surface area contributed by atoms with Crippen LogP contribution in [-0.4, -0.2) is 25.1 Å². The largest absolute Gasteiger partial charge is 0.491 e. The van der Waals surface area contributed by atoms with Gasteiger partial charge in [-0.15, -0.1) is 0 Å². The van der Waals surface area contributed by atoms with E-state index in [2.05, 4.69) is 5.32 Å².